The molecule has 0 aromatic heterocycles. The molecule has 27 nitrogen and oxygen atoms in total. The van der Waals surface area contributed by atoms with Gasteiger partial charge in [-0.1, -0.05) is 6.07 Å². The Labute approximate surface area is 351 Å². The van der Waals surface area contributed by atoms with Crippen molar-refractivity contribution >= 4 is 51.7 Å². The summed E-state index contributed by atoms with van der Waals surface area (Å²) in [4.78, 5) is 96.0. The second-order valence-electron chi connectivity index (χ2n) is 15.1. The van der Waals surface area contributed by atoms with Gasteiger partial charge >= 0.3 is 10.4 Å². The molecular weight excluding hydrogens is 856 g/mol. The van der Waals surface area contributed by atoms with Gasteiger partial charge in [0.15, 0.2) is 17.7 Å². The summed E-state index contributed by atoms with van der Waals surface area (Å²) in [6, 6.07) is -8.95. The lowest BCUT2D eigenvalue weighted by molar-refractivity contribution is -0.148. The van der Waals surface area contributed by atoms with Gasteiger partial charge in [0.2, 0.25) is 41.4 Å². The lowest BCUT2D eigenvalue weighted by atomic mass is 9.98. The van der Waals surface area contributed by atoms with E-state index in [4.69, 9.17) is 16.0 Å². The number of carbonyl (C=O) groups excluding carboxylic acids is 7. The van der Waals surface area contributed by atoms with Crippen LogP contribution in [0.25, 0.3) is 0 Å². The largest absolute Gasteiger partial charge is 0.504 e. The van der Waals surface area contributed by atoms with Crippen molar-refractivity contribution < 1.29 is 91.6 Å². The van der Waals surface area contributed by atoms with Crippen molar-refractivity contribution in [1.82, 2.24) is 31.1 Å². The van der Waals surface area contributed by atoms with E-state index >= 15 is 0 Å². The van der Waals surface area contributed by atoms with Gasteiger partial charge in [-0.2, -0.15) is 8.42 Å². The highest BCUT2D eigenvalue weighted by atomic mass is 32.3. The van der Waals surface area contributed by atoms with Crippen molar-refractivity contribution in [2.24, 2.45) is 11.5 Å². The van der Waals surface area contributed by atoms with Gasteiger partial charge in [-0.05, 0) is 31.0 Å². The number of nitrogens with zero attached hydrogens (tertiary/aromatic N) is 2. The van der Waals surface area contributed by atoms with Gasteiger partial charge in [0.1, 0.15) is 36.3 Å². The standard InChI is InChI=1S/C34H50N8O19S/c1-12(43)24-33(56)42-11-14(44)8-16(42)29(52)38-25(19(47)7-13-2-3-22(18(46)6-13)61-62(58,59)60)31(54)39-26(20(48)10-23(36)50)34(57)41-5-4-17(45)27(41)32(55)40-30(53)21(49)9-15(35)28(51)37-24/h2-3,6,12,14-17,19-21,24-27,30,43-49,53H,4-5,7-11,35H2,1H3,(H2,36,50)(H,37,51)(H,38,52)(H,39,54)(H,40,55)(H,58,59,60). The van der Waals surface area contributed by atoms with E-state index in [0.29, 0.717) is 4.90 Å². The lowest BCUT2D eigenvalue weighted by Gasteiger charge is -2.34. The van der Waals surface area contributed by atoms with Crippen molar-refractivity contribution in [2.75, 3.05) is 13.1 Å². The zero-order valence-electron chi connectivity index (χ0n) is 32.8. The van der Waals surface area contributed by atoms with E-state index in [1.54, 1.807) is 0 Å². The third kappa shape index (κ3) is 12.2. The number of rotatable bonds is 9. The molecule has 0 saturated carbocycles. The molecule has 3 saturated heterocycles. The molecule has 62 heavy (non-hydrogen) atoms. The molecule has 3 aliphatic rings. The first-order valence-corrected chi connectivity index (χ1v) is 20.3. The number of aromatic hydroxyl groups is 1. The molecule has 0 spiro atoms. The van der Waals surface area contributed by atoms with Gasteiger partial charge in [0.05, 0.1) is 43.0 Å². The molecule has 13 atom stereocenters. The fraction of sp³-hybridized carbons (Fsp3) is 0.618. The molecule has 0 bridgehead atoms. The van der Waals surface area contributed by atoms with Crippen molar-refractivity contribution in [1.29, 1.82) is 0 Å². The maximum Gasteiger partial charge on any atom is 0.446 e. The third-order valence-electron chi connectivity index (χ3n) is 10.3. The number of phenolic OH excluding ortho intramolecular Hbond substituents is 1. The van der Waals surface area contributed by atoms with E-state index in [0.717, 1.165) is 30.0 Å². The predicted octanol–water partition coefficient (Wildman–Crippen LogP) is -9.00. The molecule has 3 heterocycles. The van der Waals surface area contributed by atoms with Crippen molar-refractivity contribution in [3.05, 3.63) is 23.8 Å². The molecule has 0 aliphatic carbocycles. The predicted molar refractivity (Wildman–Crippen MR) is 202 cm³/mol. The van der Waals surface area contributed by atoms with E-state index in [9.17, 15) is 82.8 Å². The average molecular weight is 907 g/mol. The fourth-order valence-corrected chi connectivity index (χ4v) is 7.55. The van der Waals surface area contributed by atoms with Gasteiger partial charge in [0, 0.05) is 32.4 Å². The minimum Gasteiger partial charge on any atom is -0.504 e. The van der Waals surface area contributed by atoms with Crippen LogP contribution in [0.5, 0.6) is 11.5 Å². The van der Waals surface area contributed by atoms with Crippen LogP contribution >= 0.6 is 0 Å². The van der Waals surface area contributed by atoms with E-state index in [1.165, 1.54) is 0 Å². The molecule has 1 aromatic carbocycles. The Morgan fingerprint density at radius 1 is 0.839 bits per heavy atom. The van der Waals surface area contributed by atoms with Crippen LogP contribution < -0.4 is 36.9 Å². The van der Waals surface area contributed by atoms with Crippen LogP contribution in [0.4, 0.5) is 0 Å². The first-order chi connectivity index (χ1) is 28.8. The van der Waals surface area contributed by atoms with Gasteiger partial charge < -0.3 is 87.6 Å². The normalized spacial score (nSPS) is 31.3. The molecular formula is C34H50N8O19S. The molecule has 28 heteroatoms. The van der Waals surface area contributed by atoms with Crippen LogP contribution in [-0.4, -0.2) is 197 Å². The average Bonchev–Trinajstić information content (AvgIpc) is 3.76. The highest BCUT2D eigenvalue weighted by Gasteiger charge is 2.48. The van der Waals surface area contributed by atoms with Crippen molar-refractivity contribution in [3.63, 3.8) is 0 Å². The zero-order chi connectivity index (χ0) is 46.5. The molecule has 1 aromatic rings. The van der Waals surface area contributed by atoms with Gasteiger partial charge in [0.25, 0.3) is 0 Å². The Morgan fingerprint density at radius 3 is 2.05 bits per heavy atom. The third-order valence-corrected chi connectivity index (χ3v) is 10.7. The quantitative estimate of drug-likeness (QED) is 0.102. The smallest absolute Gasteiger partial charge is 0.446 e. The highest BCUT2D eigenvalue weighted by Crippen LogP contribution is 2.29. The number of carbonyl (C=O) groups is 7. The Hall–Kier alpha value is -5.30. The molecule has 3 aliphatic heterocycles. The van der Waals surface area contributed by atoms with E-state index in [2.05, 4.69) is 20.1 Å². The molecule has 7 amide bonds. The van der Waals surface area contributed by atoms with Crippen LogP contribution in [-0.2, 0) is 50.4 Å². The number of hydrogen-bond donors (Lipinski definition) is 15. The highest BCUT2D eigenvalue weighted by molar-refractivity contribution is 7.81. The van der Waals surface area contributed by atoms with E-state index in [1.807, 2.05) is 5.32 Å². The second kappa shape index (κ2) is 20.3. The summed E-state index contributed by atoms with van der Waals surface area (Å²) >= 11 is 0. The Bertz CT molecular complexity index is 1990. The fourth-order valence-electron chi connectivity index (χ4n) is 7.18. The summed E-state index contributed by atoms with van der Waals surface area (Å²) in [5.41, 5.74) is 11.1. The van der Waals surface area contributed by atoms with Gasteiger partial charge in [-0.25, -0.2) is 0 Å². The minimum atomic E-state index is -5.11. The van der Waals surface area contributed by atoms with Crippen molar-refractivity contribution in [3.8, 4) is 11.5 Å². The molecule has 13 unspecified atom stereocenters. The molecule has 346 valence electrons. The topological polar surface area (TPSA) is 452 Å². The van der Waals surface area contributed by atoms with Crippen LogP contribution in [0.2, 0.25) is 0 Å². The second-order valence-corrected chi connectivity index (χ2v) is 16.1. The first kappa shape index (κ1) is 49.4. The maximum atomic E-state index is 14.2. The SMILES string of the molecule is CC(O)C1NC(=O)C(N)CC(O)C(O)NC(=O)C2C(O)CCN2C(=O)C(C(O)CC(N)=O)NC(=O)C(C(O)Cc2ccc(OS(=O)(=O)O)c(O)c2)NC(=O)C2CC(O)CN2C1=O. The number of phenols is 1. The number of nitrogens with two attached hydrogens (primary N) is 2. The van der Waals surface area contributed by atoms with Crippen LogP contribution in [0.15, 0.2) is 18.2 Å². The Morgan fingerprint density at radius 2 is 1.45 bits per heavy atom. The number of aliphatic hydroxyl groups is 7. The first-order valence-electron chi connectivity index (χ1n) is 18.9. The summed E-state index contributed by atoms with van der Waals surface area (Å²) in [6.45, 7) is 0.0496. The van der Waals surface area contributed by atoms with Crippen LogP contribution in [0.3, 0.4) is 0 Å². The number of aliphatic hydroxyl groups excluding tert-OH is 7. The van der Waals surface area contributed by atoms with Gasteiger partial charge in [-0.3, -0.25) is 38.1 Å². The van der Waals surface area contributed by atoms with E-state index < -0.39 is 181 Å². The van der Waals surface area contributed by atoms with Gasteiger partial charge in [-0.15, -0.1) is 0 Å². The zero-order valence-corrected chi connectivity index (χ0v) is 33.6. The molecule has 17 N–H and O–H groups in total. The Kier molecular flexibility index (Phi) is 16.1. The summed E-state index contributed by atoms with van der Waals surface area (Å²) in [6.07, 6.45) is -16.7. The minimum absolute atomic E-state index is 0.0856. The van der Waals surface area contributed by atoms with Crippen LogP contribution in [0.1, 0.15) is 38.2 Å². The molecule has 3 fully saturated rings. The number of fused-ring (bicyclic) bond motifs is 2. The summed E-state index contributed by atoms with van der Waals surface area (Å²) in [5, 5.41) is 94.5. The maximum absolute atomic E-state index is 14.2. The summed E-state index contributed by atoms with van der Waals surface area (Å²) in [5.74, 6) is -10.6. The van der Waals surface area contributed by atoms with E-state index in [-0.39, 0.29) is 12.0 Å². The number of hydrogen-bond acceptors (Lipinski definition) is 19. The number of primary amides is 1. The summed E-state index contributed by atoms with van der Waals surface area (Å²) in [7, 11) is -5.11. The lowest BCUT2D eigenvalue weighted by Crippen LogP contribution is -2.64. The van der Waals surface area contributed by atoms with Crippen LogP contribution in [0, 0.1) is 0 Å². The summed E-state index contributed by atoms with van der Waals surface area (Å²) < 4.78 is 35.6. The Balaban J connectivity index is 1.82. The van der Waals surface area contributed by atoms with Crippen molar-refractivity contribution in [2.45, 2.75) is 118 Å². The monoisotopic (exact) mass is 906 g/mol. The molecule has 0 radical (unpaired) electrons. The number of benzene rings is 1. The molecule has 4 rings (SSSR count). The number of nitrogens with one attached hydrogen (secondary N) is 4. The number of amides is 7.